The van der Waals surface area contributed by atoms with Gasteiger partial charge in [-0.2, -0.15) is 0 Å². The molecule has 2 N–H and O–H groups in total. The number of anilines is 1. The van der Waals surface area contributed by atoms with Crippen LogP contribution in [0.1, 0.15) is 39.0 Å². The molecule has 0 amide bonds. The first-order valence-electron chi connectivity index (χ1n) is 8.43. The molecule has 0 aromatic heterocycles. The molecule has 1 saturated heterocycles. The van der Waals surface area contributed by atoms with Gasteiger partial charge in [0.05, 0.1) is 0 Å². The van der Waals surface area contributed by atoms with Crippen LogP contribution in [-0.4, -0.2) is 43.7 Å². The molecule has 21 heavy (non-hydrogen) atoms. The van der Waals surface area contributed by atoms with Crippen molar-refractivity contribution in [2.24, 2.45) is 5.73 Å². The van der Waals surface area contributed by atoms with Gasteiger partial charge in [-0.1, -0.05) is 38.0 Å². The zero-order valence-corrected chi connectivity index (χ0v) is 13.7. The van der Waals surface area contributed by atoms with E-state index in [2.05, 4.69) is 54.1 Å². The largest absolute Gasteiger partial charge is 0.371 e. The summed E-state index contributed by atoms with van der Waals surface area (Å²) in [6.45, 7) is 6.43. The fraction of sp³-hybridized carbons (Fsp3) is 0.667. The van der Waals surface area contributed by atoms with Crippen LogP contribution in [-0.2, 0) is 0 Å². The lowest BCUT2D eigenvalue weighted by Crippen LogP contribution is -2.58. The van der Waals surface area contributed by atoms with Crippen LogP contribution < -0.4 is 10.6 Å². The third kappa shape index (κ3) is 3.98. The fourth-order valence-corrected chi connectivity index (χ4v) is 3.40. The van der Waals surface area contributed by atoms with Crippen molar-refractivity contribution < 1.29 is 0 Å². The number of unbranched alkanes of at least 4 members (excludes halogenated alkanes) is 2. The van der Waals surface area contributed by atoms with E-state index in [0.29, 0.717) is 0 Å². The standard InChI is InChI=1S/C18H31N3/c1-3-4-8-13-20(2)18(16-19)11-14-21(15-12-18)17-9-6-5-7-10-17/h5-7,9-10H,3-4,8,11-16,19H2,1-2H3. The minimum absolute atomic E-state index is 0.207. The summed E-state index contributed by atoms with van der Waals surface area (Å²) in [7, 11) is 2.26. The van der Waals surface area contributed by atoms with Crippen LogP contribution in [0.2, 0.25) is 0 Å². The molecule has 1 aromatic rings. The Kier molecular flexibility index (Phi) is 6.07. The third-order valence-electron chi connectivity index (χ3n) is 5.10. The number of nitrogens with two attached hydrogens (primary N) is 1. The van der Waals surface area contributed by atoms with Crippen LogP contribution in [0.5, 0.6) is 0 Å². The Morgan fingerprint density at radius 2 is 1.81 bits per heavy atom. The van der Waals surface area contributed by atoms with Gasteiger partial charge in [0.25, 0.3) is 0 Å². The Hall–Kier alpha value is -1.06. The summed E-state index contributed by atoms with van der Waals surface area (Å²) >= 11 is 0. The lowest BCUT2D eigenvalue weighted by molar-refractivity contribution is 0.0947. The van der Waals surface area contributed by atoms with Gasteiger partial charge >= 0.3 is 0 Å². The number of nitrogens with zero attached hydrogens (tertiary/aromatic N) is 2. The van der Waals surface area contributed by atoms with Crippen molar-refractivity contribution in [3.8, 4) is 0 Å². The zero-order chi connectivity index (χ0) is 15.1. The molecule has 0 unspecified atom stereocenters. The monoisotopic (exact) mass is 289 g/mol. The minimum atomic E-state index is 0.207. The molecular weight excluding hydrogens is 258 g/mol. The summed E-state index contributed by atoms with van der Waals surface area (Å²) in [6.07, 6.45) is 6.23. The molecule has 118 valence electrons. The Labute approximate surface area is 130 Å². The lowest BCUT2D eigenvalue weighted by atomic mass is 9.85. The molecule has 1 aromatic carbocycles. The van der Waals surface area contributed by atoms with Gasteiger partial charge in [0, 0.05) is 30.9 Å². The predicted molar refractivity (Wildman–Crippen MR) is 91.8 cm³/mol. The molecule has 2 rings (SSSR count). The summed E-state index contributed by atoms with van der Waals surface area (Å²) in [5.74, 6) is 0. The van der Waals surface area contributed by atoms with E-state index in [4.69, 9.17) is 5.73 Å². The normalized spacial score (nSPS) is 18.2. The van der Waals surface area contributed by atoms with Crippen molar-refractivity contribution in [3.63, 3.8) is 0 Å². The van der Waals surface area contributed by atoms with Crippen molar-refractivity contribution in [2.45, 2.75) is 44.6 Å². The van der Waals surface area contributed by atoms with Crippen molar-refractivity contribution in [1.82, 2.24) is 4.90 Å². The van der Waals surface area contributed by atoms with E-state index in [1.807, 2.05) is 0 Å². The Bertz CT molecular complexity index is 396. The lowest BCUT2D eigenvalue weighted by Gasteiger charge is -2.47. The van der Waals surface area contributed by atoms with E-state index in [9.17, 15) is 0 Å². The molecule has 0 saturated carbocycles. The molecule has 0 radical (unpaired) electrons. The second-order valence-corrected chi connectivity index (χ2v) is 6.38. The molecule has 3 heteroatoms. The van der Waals surface area contributed by atoms with E-state index in [1.54, 1.807) is 0 Å². The van der Waals surface area contributed by atoms with Gasteiger partial charge in [-0.05, 0) is 45.0 Å². The molecular formula is C18H31N3. The molecule has 0 atom stereocenters. The van der Waals surface area contributed by atoms with Crippen LogP contribution in [0, 0.1) is 0 Å². The van der Waals surface area contributed by atoms with Gasteiger partial charge in [0.1, 0.15) is 0 Å². The fourth-order valence-electron chi connectivity index (χ4n) is 3.40. The van der Waals surface area contributed by atoms with E-state index >= 15 is 0 Å². The Balaban J connectivity index is 1.92. The molecule has 3 nitrogen and oxygen atoms in total. The molecule has 0 spiro atoms. The quantitative estimate of drug-likeness (QED) is 0.783. The second kappa shape index (κ2) is 7.81. The van der Waals surface area contributed by atoms with Gasteiger partial charge < -0.3 is 10.6 Å². The smallest absolute Gasteiger partial charge is 0.0366 e. The summed E-state index contributed by atoms with van der Waals surface area (Å²) in [5.41, 5.74) is 7.72. The van der Waals surface area contributed by atoms with Gasteiger partial charge in [0.2, 0.25) is 0 Å². The number of para-hydroxylation sites is 1. The average Bonchev–Trinajstić information content (AvgIpc) is 2.56. The SMILES string of the molecule is CCCCCN(C)C1(CN)CCN(c2ccccc2)CC1. The first kappa shape index (κ1) is 16.3. The Morgan fingerprint density at radius 3 is 2.38 bits per heavy atom. The predicted octanol–water partition coefficient (Wildman–Crippen LogP) is 3.11. The van der Waals surface area contributed by atoms with Gasteiger partial charge in [-0.3, -0.25) is 4.90 Å². The zero-order valence-electron chi connectivity index (χ0n) is 13.7. The first-order chi connectivity index (χ1) is 10.2. The Morgan fingerprint density at radius 1 is 1.14 bits per heavy atom. The van der Waals surface area contributed by atoms with Crippen LogP contribution in [0.3, 0.4) is 0 Å². The highest BCUT2D eigenvalue weighted by molar-refractivity contribution is 5.46. The highest BCUT2D eigenvalue weighted by atomic mass is 15.2. The van der Waals surface area contributed by atoms with Gasteiger partial charge in [-0.25, -0.2) is 0 Å². The third-order valence-corrected chi connectivity index (χ3v) is 5.10. The highest BCUT2D eigenvalue weighted by Crippen LogP contribution is 2.30. The van der Waals surface area contributed by atoms with Crippen LogP contribution >= 0.6 is 0 Å². The van der Waals surface area contributed by atoms with Crippen LogP contribution in [0.25, 0.3) is 0 Å². The summed E-state index contributed by atoms with van der Waals surface area (Å²) < 4.78 is 0. The van der Waals surface area contributed by atoms with Crippen molar-refractivity contribution in [2.75, 3.05) is 38.1 Å². The van der Waals surface area contributed by atoms with E-state index in [-0.39, 0.29) is 5.54 Å². The number of benzene rings is 1. The van der Waals surface area contributed by atoms with Gasteiger partial charge in [-0.15, -0.1) is 0 Å². The van der Waals surface area contributed by atoms with Gasteiger partial charge in [0.15, 0.2) is 0 Å². The van der Waals surface area contributed by atoms with Crippen LogP contribution in [0.15, 0.2) is 30.3 Å². The summed E-state index contributed by atoms with van der Waals surface area (Å²) in [6, 6.07) is 10.7. The number of piperidine rings is 1. The molecule has 1 fully saturated rings. The number of hydrogen-bond acceptors (Lipinski definition) is 3. The van der Waals surface area contributed by atoms with Crippen LogP contribution in [0.4, 0.5) is 5.69 Å². The second-order valence-electron chi connectivity index (χ2n) is 6.38. The number of likely N-dealkylation sites (N-methyl/N-ethyl adjacent to an activating group) is 1. The van der Waals surface area contributed by atoms with Crippen molar-refractivity contribution in [3.05, 3.63) is 30.3 Å². The highest BCUT2D eigenvalue weighted by Gasteiger charge is 2.36. The van der Waals surface area contributed by atoms with E-state index in [1.165, 1.54) is 44.3 Å². The average molecular weight is 289 g/mol. The summed E-state index contributed by atoms with van der Waals surface area (Å²) in [4.78, 5) is 5.03. The molecule has 1 aliphatic rings. The number of hydrogen-bond donors (Lipinski definition) is 1. The maximum absolute atomic E-state index is 6.17. The summed E-state index contributed by atoms with van der Waals surface area (Å²) in [5, 5.41) is 0. The van der Waals surface area contributed by atoms with Crippen molar-refractivity contribution in [1.29, 1.82) is 0 Å². The maximum atomic E-state index is 6.17. The first-order valence-corrected chi connectivity index (χ1v) is 8.43. The molecule has 1 heterocycles. The minimum Gasteiger partial charge on any atom is -0.371 e. The van der Waals surface area contributed by atoms with E-state index < -0.39 is 0 Å². The molecule has 0 bridgehead atoms. The number of rotatable bonds is 7. The maximum Gasteiger partial charge on any atom is 0.0366 e. The van der Waals surface area contributed by atoms with E-state index in [0.717, 1.165) is 19.6 Å². The molecule has 1 aliphatic heterocycles. The molecule has 0 aliphatic carbocycles. The van der Waals surface area contributed by atoms with Crippen molar-refractivity contribution >= 4 is 5.69 Å². The topological polar surface area (TPSA) is 32.5 Å².